The Morgan fingerprint density at radius 1 is 0.968 bits per heavy atom. The molecule has 0 radical (unpaired) electrons. The smallest absolute Gasteiger partial charge is 0.292 e. The van der Waals surface area contributed by atoms with Crippen LogP contribution in [0.15, 0.2) is 53.5 Å². The number of anilines is 1. The minimum atomic E-state index is -0.932. The maximum absolute atomic E-state index is 14.0. The van der Waals surface area contributed by atoms with Gasteiger partial charge in [-0.15, -0.1) is 0 Å². The highest BCUT2D eigenvalue weighted by molar-refractivity contribution is 6.33. The van der Waals surface area contributed by atoms with Gasteiger partial charge in [-0.2, -0.15) is 9.78 Å². The Morgan fingerprint density at radius 3 is 2.26 bits per heavy atom. The molecule has 0 N–H and O–H groups in total. The lowest BCUT2D eigenvalue weighted by atomic mass is 9.89. The van der Waals surface area contributed by atoms with Crippen molar-refractivity contribution in [2.45, 2.75) is 12.8 Å². The van der Waals surface area contributed by atoms with Crippen molar-refractivity contribution < 1.29 is 18.0 Å². The zero-order chi connectivity index (χ0) is 22.1. The SMILES string of the molecule is O=C(c1ccc(F)cc1)C1CCN(c2cnn(-c3ccc(F)cc3F)c(=O)c2Cl)CC1. The number of hydrogen-bond donors (Lipinski definition) is 0. The molecule has 1 aliphatic rings. The number of piperidine rings is 1. The molecule has 1 aromatic heterocycles. The summed E-state index contributed by atoms with van der Waals surface area (Å²) in [6.07, 6.45) is 2.42. The van der Waals surface area contributed by atoms with Gasteiger partial charge in [0.1, 0.15) is 22.3 Å². The first-order valence-corrected chi connectivity index (χ1v) is 10.0. The van der Waals surface area contributed by atoms with Gasteiger partial charge in [-0.3, -0.25) is 9.59 Å². The van der Waals surface area contributed by atoms with Crippen molar-refractivity contribution in [2.75, 3.05) is 18.0 Å². The predicted octanol–water partition coefficient (Wildman–Crippen LogP) is 4.40. The molecule has 31 heavy (non-hydrogen) atoms. The second kappa shape index (κ2) is 8.55. The summed E-state index contributed by atoms with van der Waals surface area (Å²) in [6, 6.07) is 8.25. The molecule has 0 bridgehead atoms. The fourth-order valence-corrected chi connectivity index (χ4v) is 3.95. The van der Waals surface area contributed by atoms with E-state index in [2.05, 4.69) is 5.10 Å². The molecule has 3 aromatic rings. The van der Waals surface area contributed by atoms with Gasteiger partial charge in [0, 0.05) is 30.6 Å². The van der Waals surface area contributed by atoms with Crippen LogP contribution >= 0.6 is 11.6 Å². The van der Waals surface area contributed by atoms with Gasteiger partial charge in [0.25, 0.3) is 5.56 Å². The van der Waals surface area contributed by atoms with E-state index in [4.69, 9.17) is 11.6 Å². The zero-order valence-corrected chi connectivity index (χ0v) is 17.0. The third-order valence-electron chi connectivity index (χ3n) is 5.37. The molecule has 1 fully saturated rings. The van der Waals surface area contributed by atoms with E-state index in [9.17, 15) is 22.8 Å². The molecule has 2 aromatic carbocycles. The molecule has 1 aliphatic heterocycles. The van der Waals surface area contributed by atoms with Gasteiger partial charge >= 0.3 is 0 Å². The number of aromatic nitrogens is 2. The van der Waals surface area contributed by atoms with Crippen LogP contribution in [-0.2, 0) is 0 Å². The Bertz CT molecular complexity index is 1190. The molecular formula is C22H17ClF3N3O2. The number of rotatable bonds is 4. The monoisotopic (exact) mass is 447 g/mol. The van der Waals surface area contributed by atoms with Gasteiger partial charge in [0.15, 0.2) is 11.6 Å². The van der Waals surface area contributed by atoms with Crippen LogP contribution in [-0.4, -0.2) is 28.7 Å². The first-order chi connectivity index (χ1) is 14.8. The van der Waals surface area contributed by atoms with E-state index in [0.717, 1.165) is 16.8 Å². The van der Waals surface area contributed by atoms with Crippen LogP contribution in [0.5, 0.6) is 0 Å². The maximum Gasteiger partial charge on any atom is 0.292 e. The molecule has 1 saturated heterocycles. The molecule has 9 heteroatoms. The number of Topliss-reactive ketones (excluding diaryl/α,β-unsaturated/α-hetero) is 1. The normalized spacial score (nSPS) is 14.6. The Kier molecular flexibility index (Phi) is 5.82. The number of hydrogen-bond acceptors (Lipinski definition) is 4. The number of halogens is 4. The Morgan fingerprint density at radius 2 is 1.61 bits per heavy atom. The molecule has 160 valence electrons. The van der Waals surface area contributed by atoms with Crippen molar-refractivity contribution in [2.24, 2.45) is 5.92 Å². The maximum atomic E-state index is 14.0. The van der Waals surface area contributed by atoms with Crippen LogP contribution in [0, 0.1) is 23.4 Å². The fraction of sp³-hybridized carbons (Fsp3) is 0.227. The molecule has 0 aliphatic carbocycles. The molecule has 2 heterocycles. The van der Waals surface area contributed by atoms with Gasteiger partial charge < -0.3 is 4.90 Å². The second-order valence-electron chi connectivity index (χ2n) is 7.29. The Hall–Kier alpha value is -3.13. The molecular weight excluding hydrogens is 431 g/mol. The number of benzene rings is 2. The van der Waals surface area contributed by atoms with Crippen LogP contribution in [0.1, 0.15) is 23.2 Å². The van der Waals surface area contributed by atoms with E-state index < -0.39 is 23.0 Å². The molecule has 0 saturated carbocycles. The van der Waals surface area contributed by atoms with Gasteiger partial charge in [-0.05, 0) is 49.2 Å². The van der Waals surface area contributed by atoms with Crippen molar-refractivity contribution in [3.8, 4) is 5.69 Å². The summed E-state index contributed by atoms with van der Waals surface area (Å²) in [5.41, 5.74) is -0.0840. The van der Waals surface area contributed by atoms with Crippen molar-refractivity contribution in [3.63, 3.8) is 0 Å². The van der Waals surface area contributed by atoms with Crippen LogP contribution < -0.4 is 10.5 Å². The van der Waals surface area contributed by atoms with Gasteiger partial charge in [-0.1, -0.05) is 11.6 Å². The Labute approximate surface area is 180 Å². The molecule has 0 amide bonds. The number of carbonyl (C=O) groups excluding carboxylic acids is 1. The summed E-state index contributed by atoms with van der Waals surface area (Å²) in [6.45, 7) is 0.931. The first kappa shape index (κ1) is 21.1. The number of ketones is 1. The largest absolute Gasteiger partial charge is 0.369 e. The van der Waals surface area contributed by atoms with E-state index in [1.807, 2.05) is 4.90 Å². The summed E-state index contributed by atoms with van der Waals surface area (Å²) in [5, 5.41) is 3.86. The molecule has 0 atom stereocenters. The quantitative estimate of drug-likeness (QED) is 0.556. The van der Waals surface area contributed by atoms with Gasteiger partial charge in [-0.25, -0.2) is 13.2 Å². The predicted molar refractivity (Wildman–Crippen MR) is 110 cm³/mol. The average molecular weight is 448 g/mol. The van der Waals surface area contributed by atoms with Crippen molar-refractivity contribution in [1.82, 2.24) is 9.78 Å². The van der Waals surface area contributed by atoms with Crippen LogP contribution in [0.3, 0.4) is 0 Å². The third-order valence-corrected chi connectivity index (χ3v) is 5.73. The van der Waals surface area contributed by atoms with Crippen molar-refractivity contribution in [3.05, 3.63) is 87.1 Å². The van der Waals surface area contributed by atoms with Crippen molar-refractivity contribution >= 4 is 23.1 Å². The summed E-state index contributed by atoms with van der Waals surface area (Å²) in [7, 11) is 0. The van der Waals surface area contributed by atoms with E-state index >= 15 is 0 Å². The average Bonchev–Trinajstić information content (AvgIpc) is 2.76. The summed E-state index contributed by atoms with van der Waals surface area (Å²) in [4.78, 5) is 27.1. The summed E-state index contributed by atoms with van der Waals surface area (Å²) >= 11 is 6.26. The van der Waals surface area contributed by atoms with Gasteiger partial charge in [0.05, 0.1) is 11.9 Å². The lowest BCUT2D eigenvalue weighted by Crippen LogP contribution is -2.38. The van der Waals surface area contributed by atoms with Crippen molar-refractivity contribution in [1.29, 1.82) is 0 Å². The number of nitrogens with zero attached hydrogens (tertiary/aromatic N) is 3. The lowest BCUT2D eigenvalue weighted by Gasteiger charge is -2.33. The molecule has 0 unspecified atom stereocenters. The highest BCUT2D eigenvalue weighted by Crippen LogP contribution is 2.29. The summed E-state index contributed by atoms with van der Waals surface area (Å²) < 4.78 is 41.0. The molecule has 0 spiro atoms. The highest BCUT2D eigenvalue weighted by Gasteiger charge is 2.28. The van der Waals surface area contributed by atoms with E-state index in [1.165, 1.54) is 30.5 Å². The Balaban J connectivity index is 1.51. The van der Waals surface area contributed by atoms with E-state index in [0.29, 0.717) is 43.2 Å². The summed E-state index contributed by atoms with van der Waals surface area (Å²) in [5.74, 6) is -2.37. The van der Waals surface area contributed by atoms with Crippen LogP contribution in [0.4, 0.5) is 18.9 Å². The number of carbonyl (C=O) groups is 1. The third kappa shape index (κ3) is 4.20. The topological polar surface area (TPSA) is 55.2 Å². The lowest BCUT2D eigenvalue weighted by molar-refractivity contribution is 0.0900. The second-order valence-corrected chi connectivity index (χ2v) is 7.67. The highest BCUT2D eigenvalue weighted by atomic mass is 35.5. The fourth-order valence-electron chi connectivity index (χ4n) is 3.70. The van der Waals surface area contributed by atoms with Crippen LogP contribution in [0.25, 0.3) is 5.69 Å². The molecule has 4 rings (SSSR count). The van der Waals surface area contributed by atoms with Gasteiger partial charge in [0.2, 0.25) is 0 Å². The van der Waals surface area contributed by atoms with Crippen LogP contribution in [0.2, 0.25) is 5.02 Å². The standard InChI is InChI=1S/C22H17ClF3N3O2/c23-20-19(12-27-29(22(20)31)18-6-5-16(25)11-17(18)26)28-9-7-14(8-10-28)21(30)13-1-3-15(24)4-2-13/h1-6,11-12,14H,7-10H2. The van der Waals surface area contributed by atoms with E-state index in [-0.39, 0.29) is 22.4 Å². The zero-order valence-electron chi connectivity index (χ0n) is 16.2. The van der Waals surface area contributed by atoms with E-state index in [1.54, 1.807) is 0 Å². The minimum absolute atomic E-state index is 0.0499. The minimum Gasteiger partial charge on any atom is -0.369 e. The molecule has 5 nitrogen and oxygen atoms in total. The first-order valence-electron chi connectivity index (χ1n) is 9.63.